The number of rotatable bonds is 7. The Balaban J connectivity index is 2.76. The molecule has 0 atom stereocenters. The molecular formula is C12H21N3O4. The standard InChI is InChI=1S/C12H21N3O4/c1-6-18-12-8(2)10(19-14-12)11(13)15(3)7-9(16-4)17-5/h9,13H,6-7H2,1-5H3. The lowest BCUT2D eigenvalue weighted by Gasteiger charge is -2.23. The second-order valence-electron chi connectivity index (χ2n) is 4.00. The third kappa shape index (κ3) is 3.68. The predicted octanol–water partition coefficient (Wildman–Crippen LogP) is 1.26. The third-order valence-corrected chi connectivity index (χ3v) is 2.71. The summed E-state index contributed by atoms with van der Waals surface area (Å²) in [5.74, 6) is 1.01. The van der Waals surface area contributed by atoms with Crippen molar-refractivity contribution >= 4 is 5.84 Å². The van der Waals surface area contributed by atoms with E-state index in [0.717, 1.165) is 0 Å². The fourth-order valence-electron chi connectivity index (χ4n) is 1.55. The average Bonchev–Trinajstić information content (AvgIpc) is 2.77. The van der Waals surface area contributed by atoms with Crippen LogP contribution in [0.25, 0.3) is 0 Å². The van der Waals surface area contributed by atoms with Crippen LogP contribution in [0.5, 0.6) is 5.88 Å². The molecule has 0 spiro atoms. The van der Waals surface area contributed by atoms with Gasteiger partial charge in [-0.2, -0.15) is 0 Å². The van der Waals surface area contributed by atoms with E-state index in [2.05, 4.69) is 5.16 Å². The lowest BCUT2D eigenvalue weighted by atomic mass is 10.2. The summed E-state index contributed by atoms with van der Waals surface area (Å²) in [7, 11) is 4.87. The lowest BCUT2D eigenvalue weighted by molar-refractivity contribution is -0.107. The molecule has 0 unspecified atom stereocenters. The second kappa shape index (κ2) is 7.10. The first-order valence-corrected chi connectivity index (χ1v) is 5.99. The van der Waals surface area contributed by atoms with Gasteiger partial charge in [-0.3, -0.25) is 5.41 Å². The number of likely N-dealkylation sites (N-methyl/N-ethyl adjacent to an activating group) is 1. The van der Waals surface area contributed by atoms with Crippen LogP contribution in [-0.2, 0) is 9.47 Å². The fourth-order valence-corrected chi connectivity index (χ4v) is 1.55. The maximum Gasteiger partial charge on any atom is 0.257 e. The molecule has 1 rings (SSSR count). The second-order valence-corrected chi connectivity index (χ2v) is 4.00. The van der Waals surface area contributed by atoms with Gasteiger partial charge in [0.15, 0.2) is 12.1 Å². The van der Waals surface area contributed by atoms with Crippen molar-refractivity contribution in [1.82, 2.24) is 10.1 Å². The van der Waals surface area contributed by atoms with Crippen LogP contribution in [0, 0.1) is 12.3 Å². The van der Waals surface area contributed by atoms with Gasteiger partial charge in [0.05, 0.1) is 18.7 Å². The monoisotopic (exact) mass is 271 g/mol. The zero-order valence-corrected chi connectivity index (χ0v) is 12.0. The number of nitrogens with one attached hydrogen (secondary N) is 1. The summed E-state index contributed by atoms with van der Waals surface area (Å²) in [5.41, 5.74) is 0.713. The van der Waals surface area contributed by atoms with E-state index in [-0.39, 0.29) is 5.84 Å². The first-order chi connectivity index (χ1) is 9.04. The number of nitrogens with zero attached hydrogens (tertiary/aromatic N) is 2. The molecule has 0 bridgehead atoms. The minimum absolute atomic E-state index is 0.204. The van der Waals surface area contributed by atoms with Crippen LogP contribution < -0.4 is 4.74 Å². The van der Waals surface area contributed by atoms with Crippen LogP contribution in [0.4, 0.5) is 0 Å². The van der Waals surface area contributed by atoms with E-state index >= 15 is 0 Å². The number of methoxy groups -OCH3 is 2. The van der Waals surface area contributed by atoms with Gasteiger partial charge in [0.2, 0.25) is 5.76 Å². The molecule has 0 aliphatic carbocycles. The maximum absolute atomic E-state index is 8.09. The molecular weight excluding hydrogens is 250 g/mol. The molecule has 0 saturated carbocycles. The highest BCUT2D eigenvalue weighted by molar-refractivity contribution is 5.95. The van der Waals surface area contributed by atoms with Crippen LogP contribution in [0.2, 0.25) is 0 Å². The molecule has 7 heteroatoms. The van der Waals surface area contributed by atoms with E-state index in [4.69, 9.17) is 24.1 Å². The van der Waals surface area contributed by atoms with Crippen LogP contribution in [0.3, 0.4) is 0 Å². The Morgan fingerprint density at radius 3 is 2.58 bits per heavy atom. The smallest absolute Gasteiger partial charge is 0.257 e. The Labute approximate surface area is 112 Å². The predicted molar refractivity (Wildman–Crippen MR) is 69.7 cm³/mol. The molecule has 1 aromatic heterocycles. The zero-order valence-electron chi connectivity index (χ0n) is 12.0. The lowest BCUT2D eigenvalue weighted by Crippen LogP contribution is -2.36. The van der Waals surface area contributed by atoms with E-state index in [1.54, 1.807) is 26.2 Å². The highest BCUT2D eigenvalue weighted by atomic mass is 16.7. The molecule has 0 aliphatic rings. The van der Waals surface area contributed by atoms with Crippen molar-refractivity contribution in [2.75, 3.05) is 34.4 Å². The van der Waals surface area contributed by atoms with Crippen molar-refractivity contribution < 1.29 is 18.7 Å². The number of amidine groups is 1. The van der Waals surface area contributed by atoms with Gasteiger partial charge < -0.3 is 23.6 Å². The first-order valence-electron chi connectivity index (χ1n) is 5.99. The molecule has 1 heterocycles. The minimum Gasteiger partial charge on any atom is -0.476 e. The summed E-state index contributed by atoms with van der Waals surface area (Å²) in [6, 6.07) is 0. The van der Waals surface area contributed by atoms with Gasteiger partial charge in [0, 0.05) is 21.3 Å². The van der Waals surface area contributed by atoms with E-state index < -0.39 is 6.29 Å². The van der Waals surface area contributed by atoms with Gasteiger partial charge in [0.1, 0.15) is 0 Å². The first kappa shape index (κ1) is 15.5. The number of hydrogen-bond donors (Lipinski definition) is 1. The molecule has 1 aromatic rings. The summed E-state index contributed by atoms with van der Waals surface area (Å²) in [5, 5.41) is 11.9. The molecule has 0 fully saturated rings. The highest BCUT2D eigenvalue weighted by Gasteiger charge is 2.21. The summed E-state index contributed by atoms with van der Waals surface area (Å²) >= 11 is 0. The molecule has 0 amide bonds. The van der Waals surface area contributed by atoms with Gasteiger partial charge in [-0.25, -0.2) is 0 Å². The summed E-state index contributed by atoms with van der Waals surface area (Å²) in [6.45, 7) is 4.59. The molecule has 0 aliphatic heterocycles. The van der Waals surface area contributed by atoms with E-state index in [1.807, 2.05) is 13.8 Å². The van der Waals surface area contributed by atoms with Crippen molar-refractivity contribution in [3.05, 3.63) is 11.3 Å². The number of aromatic nitrogens is 1. The largest absolute Gasteiger partial charge is 0.476 e. The summed E-state index contributed by atoms with van der Waals surface area (Å²) in [6.07, 6.45) is -0.403. The Bertz CT molecular complexity index is 415. The highest BCUT2D eigenvalue weighted by Crippen LogP contribution is 2.21. The summed E-state index contributed by atoms with van der Waals surface area (Å²) < 4.78 is 20.7. The Hall–Kier alpha value is -1.60. The maximum atomic E-state index is 8.09. The average molecular weight is 271 g/mol. The van der Waals surface area contributed by atoms with Crippen LogP contribution >= 0.6 is 0 Å². The van der Waals surface area contributed by atoms with Gasteiger partial charge >= 0.3 is 0 Å². The van der Waals surface area contributed by atoms with E-state index in [9.17, 15) is 0 Å². The molecule has 108 valence electrons. The minimum atomic E-state index is -0.403. The van der Waals surface area contributed by atoms with Gasteiger partial charge in [-0.1, -0.05) is 0 Å². The van der Waals surface area contributed by atoms with Gasteiger partial charge in [-0.05, 0) is 19.0 Å². The van der Waals surface area contributed by atoms with Crippen molar-refractivity contribution in [1.29, 1.82) is 5.41 Å². The van der Waals surface area contributed by atoms with Crippen molar-refractivity contribution in [2.45, 2.75) is 20.1 Å². The SMILES string of the molecule is CCOc1noc(C(=N)N(C)CC(OC)OC)c1C. The van der Waals surface area contributed by atoms with E-state index in [0.29, 0.717) is 30.4 Å². The Morgan fingerprint density at radius 2 is 2.05 bits per heavy atom. The molecule has 19 heavy (non-hydrogen) atoms. The van der Waals surface area contributed by atoms with Crippen molar-refractivity contribution in [2.24, 2.45) is 0 Å². The molecule has 0 radical (unpaired) electrons. The van der Waals surface area contributed by atoms with Gasteiger partial charge in [0.25, 0.3) is 5.88 Å². The quantitative estimate of drug-likeness (QED) is 0.457. The van der Waals surface area contributed by atoms with Crippen molar-refractivity contribution in [3.8, 4) is 5.88 Å². The van der Waals surface area contributed by atoms with Crippen molar-refractivity contribution in [3.63, 3.8) is 0 Å². The number of hydrogen-bond acceptors (Lipinski definition) is 6. The van der Waals surface area contributed by atoms with Crippen LogP contribution in [0.15, 0.2) is 4.52 Å². The third-order valence-electron chi connectivity index (χ3n) is 2.71. The Kier molecular flexibility index (Phi) is 5.78. The molecule has 1 N–H and O–H groups in total. The summed E-state index contributed by atoms with van der Waals surface area (Å²) in [4.78, 5) is 1.67. The fraction of sp³-hybridized carbons (Fsp3) is 0.667. The topological polar surface area (TPSA) is 80.8 Å². The number of ether oxygens (including phenoxy) is 3. The van der Waals surface area contributed by atoms with Crippen LogP contribution in [0.1, 0.15) is 18.2 Å². The Morgan fingerprint density at radius 1 is 1.42 bits per heavy atom. The molecule has 0 saturated heterocycles. The molecule has 7 nitrogen and oxygen atoms in total. The molecule has 0 aromatic carbocycles. The van der Waals surface area contributed by atoms with Crippen LogP contribution in [-0.4, -0.2) is 56.6 Å². The van der Waals surface area contributed by atoms with E-state index in [1.165, 1.54) is 0 Å². The van der Waals surface area contributed by atoms with Gasteiger partial charge in [-0.15, -0.1) is 0 Å². The normalized spacial score (nSPS) is 10.8. The zero-order chi connectivity index (χ0) is 14.4.